The average Bonchev–Trinajstić information content (AvgIpc) is 2.32. The van der Waals surface area contributed by atoms with Crippen LogP contribution < -0.4 is 16.4 Å². The maximum atomic E-state index is 12.2. The van der Waals surface area contributed by atoms with Gasteiger partial charge in [-0.05, 0) is 18.3 Å². The zero-order chi connectivity index (χ0) is 15.9. The Bertz CT molecular complexity index is 356. The lowest BCUT2D eigenvalue weighted by Crippen LogP contribution is -2.55. The lowest BCUT2D eigenvalue weighted by atomic mass is 9.97. The van der Waals surface area contributed by atoms with Crippen LogP contribution in [0.3, 0.4) is 0 Å². The molecule has 0 saturated heterocycles. The molecule has 0 unspecified atom stereocenters. The molecule has 0 aliphatic heterocycles. The lowest BCUT2D eigenvalue weighted by molar-refractivity contribution is -0.131. The van der Waals surface area contributed by atoms with Crippen molar-refractivity contribution in [2.45, 2.75) is 59.5 Å². The van der Waals surface area contributed by atoms with Gasteiger partial charge in [-0.3, -0.25) is 14.4 Å². The van der Waals surface area contributed by atoms with Crippen molar-refractivity contribution in [2.75, 3.05) is 0 Å². The van der Waals surface area contributed by atoms with Gasteiger partial charge in [-0.1, -0.05) is 34.1 Å². The van der Waals surface area contributed by atoms with Crippen molar-refractivity contribution in [3.05, 3.63) is 0 Å². The van der Waals surface area contributed by atoms with E-state index < -0.39 is 18.0 Å². The molecule has 0 heterocycles. The van der Waals surface area contributed by atoms with Crippen LogP contribution in [0.15, 0.2) is 0 Å². The predicted octanol–water partition coefficient (Wildman–Crippen LogP) is 0.553. The molecule has 6 heteroatoms. The fraction of sp³-hybridized carbons (Fsp3) is 0.786. The van der Waals surface area contributed by atoms with Gasteiger partial charge in [0.05, 0.1) is 0 Å². The van der Waals surface area contributed by atoms with E-state index >= 15 is 0 Å². The number of amides is 3. The van der Waals surface area contributed by atoms with E-state index in [2.05, 4.69) is 10.6 Å². The van der Waals surface area contributed by atoms with Gasteiger partial charge in [-0.15, -0.1) is 0 Å². The first kappa shape index (κ1) is 18.4. The number of carbonyl (C=O) groups is 3. The van der Waals surface area contributed by atoms with Crippen LogP contribution >= 0.6 is 0 Å². The van der Waals surface area contributed by atoms with E-state index in [1.165, 1.54) is 6.92 Å². The zero-order valence-corrected chi connectivity index (χ0v) is 13.0. The van der Waals surface area contributed by atoms with Gasteiger partial charge in [0.25, 0.3) is 0 Å². The third-order valence-electron chi connectivity index (χ3n) is 3.22. The van der Waals surface area contributed by atoms with E-state index in [-0.39, 0.29) is 23.7 Å². The molecule has 3 atom stereocenters. The summed E-state index contributed by atoms with van der Waals surface area (Å²) in [6, 6.07) is -1.35. The van der Waals surface area contributed by atoms with Crippen molar-refractivity contribution in [3.63, 3.8) is 0 Å². The second-order valence-electron chi connectivity index (χ2n) is 5.66. The van der Waals surface area contributed by atoms with Gasteiger partial charge in [0.1, 0.15) is 12.1 Å². The third-order valence-corrected chi connectivity index (χ3v) is 3.22. The Labute approximate surface area is 120 Å². The summed E-state index contributed by atoms with van der Waals surface area (Å²) in [5.41, 5.74) is 5.32. The minimum absolute atomic E-state index is 0.0477. The summed E-state index contributed by atoms with van der Waals surface area (Å²) in [4.78, 5) is 34.8. The summed E-state index contributed by atoms with van der Waals surface area (Å²) in [6.07, 6.45) is 1.24. The highest BCUT2D eigenvalue weighted by molar-refractivity contribution is 5.91. The molecule has 0 spiro atoms. The van der Waals surface area contributed by atoms with Crippen LogP contribution in [0.25, 0.3) is 0 Å². The van der Waals surface area contributed by atoms with Crippen LogP contribution in [-0.2, 0) is 14.4 Å². The summed E-state index contributed by atoms with van der Waals surface area (Å²) in [5, 5.41) is 5.26. The summed E-state index contributed by atoms with van der Waals surface area (Å²) >= 11 is 0. The third kappa shape index (κ3) is 6.54. The molecule has 0 bridgehead atoms. The Hall–Kier alpha value is -1.59. The first-order valence-electron chi connectivity index (χ1n) is 7.05. The van der Waals surface area contributed by atoms with Crippen LogP contribution in [0.1, 0.15) is 47.5 Å². The quantitative estimate of drug-likeness (QED) is 0.607. The highest BCUT2D eigenvalue weighted by Gasteiger charge is 2.28. The molecule has 0 aromatic heterocycles. The first-order valence-corrected chi connectivity index (χ1v) is 7.05. The second kappa shape index (κ2) is 8.55. The van der Waals surface area contributed by atoms with Gasteiger partial charge >= 0.3 is 0 Å². The van der Waals surface area contributed by atoms with E-state index in [1.54, 1.807) is 0 Å². The molecule has 116 valence electrons. The van der Waals surface area contributed by atoms with E-state index in [9.17, 15) is 14.4 Å². The lowest BCUT2D eigenvalue weighted by Gasteiger charge is -2.25. The molecule has 6 nitrogen and oxygen atoms in total. The predicted molar refractivity (Wildman–Crippen MR) is 77.6 cm³/mol. The van der Waals surface area contributed by atoms with E-state index in [0.717, 1.165) is 6.42 Å². The smallest absolute Gasteiger partial charge is 0.243 e. The molecule has 0 aliphatic carbocycles. The SMILES string of the molecule is CC[C@@H](C)[C@@H](NC(=O)[C@H](CC(C)C)NC(C)=O)C(N)=O. The van der Waals surface area contributed by atoms with Gasteiger partial charge in [-0.25, -0.2) is 0 Å². The van der Waals surface area contributed by atoms with Crippen LogP contribution in [0.2, 0.25) is 0 Å². The molecular formula is C14H27N3O3. The molecule has 0 aromatic carbocycles. The van der Waals surface area contributed by atoms with Crippen LogP contribution in [0.5, 0.6) is 0 Å². The van der Waals surface area contributed by atoms with Gasteiger partial charge in [-0.2, -0.15) is 0 Å². The average molecular weight is 285 g/mol. The molecule has 0 rings (SSSR count). The molecule has 0 fully saturated rings. The van der Waals surface area contributed by atoms with Crippen molar-refractivity contribution in [1.82, 2.24) is 10.6 Å². The number of nitrogens with two attached hydrogens (primary N) is 1. The molecule has 4 N–H and O–H groups in total. The Balaban J connectivity index is 4.86. The van der Waals surface area contributed by atoms with E-state index in [1.807, 2.05) is 27.7 Å². The number of carbonyl (C=O) groups excluding carboxylic acids is 3. The highest BCUT2D eigenvalue weighted by Crippen LogP contribution is 2.10. The van der Waals surface area contributed by atoms with Crippen LogP contribution in [-0.4, -0.2) is 29.8 Å². The van der Waals surface area contributed by atoms with Crippen molar-refractivity contribution < 1.29 is 14.4 Å². The van der Waals surface area contributed by atoms with Crippen molar-refractivity contribution >= 4 is 17.7 Å². The Morgan fingerprint density at radius 1 is 1.10 bits per heavy atom. The summed E-state index contributed by atoms with van der Waals surface area (Å²) in [7, 11) is 0. The maximum absolute atomic E-state index is 12.2. The number of nitrogens with one attached hydrogen (secondary N) is 2. The maximum Gasteiger partial charge on any atom is 0.243 e. The number of rotatable bonds is 8. The van der Waals surface area contributed by atoms with E-state index in [4.69, 9.17) is 5.73 Å². The zero-order valence-electron chi connectivity index (χ0n) is 13.0. The summed E-state index contributed by atoms with van der Waals surface area (Å²) in [5.74, 6) is -0.997. The van der Waals surface area contributed by atoms with Gasteiger partial charge in [0, 0.05) is 6.92 Å². The van der Waals surface area contributed by atoms with Gasteiger partial charge < -0.3 is 16.4 Å². The topological polar surface area (TPSA) is 101 Å². The summed E-state index contributed by atoms with van der Waals surface area (Å²) in [6.45, 7) is 9.06. The first-order chi connectivity index (χ1) is 9.18. The monoisotopic (exact) mass is 285 g/mol. The number of hydrogen-bond donors (Lipinski definition) is 3. The standard InChI is InChI=1S/C14H27N3O3/c1-6-9(4)12(13(15)19)17-14(20)11(7-8(2)3)16-10(5)18/h8-9,11-12H,6-7H2,1-5H3,(H2,15,19)(H,16,18)(H,17,20)/t9-,11+,12-/m1/s1. The Morgan fingerprint density at radius 2 is 1.65 bits per heavy atom. The molecular weight excluding hydrogens is 258 g/mol. The Morgan fingerprint density at radius 3 is 2.00 bits per heavy atom. The number of primary amides is 1. The fourth-order valence-electron chi connectivity index (χ4n) is 1.93. The largest absolute Gasteiger partial charge is 0.368 e. The van der Waals surface area contributed by atoms with Crippen molar-refractivity contribution in [1.29, 1.82) is 0 Å². The summed E-state index contributed by atoms with van der Waals surface area (Å²) < 4.78 is 0. The number of hydrogen-bond acceptors (Lipinski definition) is 3. The van der Waals surface area contributed by atoms with Crippen LogP contribution in [0.4, 0.5) is 0 Å². The Kier molecular flexibility index (Phi) is 7.87. The molecule has 3 amide bonds. The minimum Gasteiger partial charge on any atom is -0.368 e. The second-order valence-corrected chi connectivity index (χ2v) is 5.66. The van der Waals surface area contributed by atoms with E-state index in [0.29, 0.717) is 6.42 Å². The van der Waals surface area contributed by atoms with Crippen molar-refractivity contribution in [2.24, 2.45) is 17.6 Å². The van der Waals surface area contributed by atoms with Gasteiger partial charge in [0.15, 0.2) is 0 Å². The molecule has 20 heavy (non-hydrogen) atoms. The van der Waals surface area contributed by atoms with Crippen LogP contribution in [0, 0.1) is 11.8 Å². The molecule has 0 saturated carbocycles. The fourth-order valence-corrected chi connectivity index (χ4v) is 1.93. The highest BCUT2D eigenvalue weighted by atomic mass is 16.2. The molecule has 0 aromatic rings. The van der Waals surface area contributed by atoms with Gasteiger partial charge in [0.2, 0.25) is 17.7 Å². The van der Waals surface area contributed by atoms with Crippen molar-refractivity contribution in [3.8, 4) is 0 Å². The minimum atomic E-state index is -0.712. The normalized spacial score (nSPS) is 15.3. The molecule has 0 aliphatic rings. The molecule has 0 radical (unpaired) electrons.